The van der Waals surface area contributed by atoms with Crippen molar-refractivity contribution in [3.63, 3.8) is 0 Å². The zero-order valence-corrected chi connectivity index (χ0v) is 14.5. The number of aromatic nitrogens is 1. The number of esters is 1. The first-order valence-corrected chi connectivity index (χ1v) is 8.22. The molecular weight excluding hydrogens is 314 g/mol. The van der Waals surface area contributed by atoms with Crippen LogP contribution in [0.2, 0.25) is 0 Å². The average Bonchev–Trinajstić information content (AvgIpc) is 3.00. The lowest BCUT2D eigenvalue weighted by molar-refractivity contribution is 0.0596. The van der Waals surface area contributed by atoms with Crippen LogP contribution in [-0.4, -0.2) is 18.1 Å². The van der Waals surface area contributed by atoms with E-state index in [4.69, 9.17) is 9.47 Å². The van der Waals surface area contributed by atoms with E-state index in [0.29, 0.717) is 12.3 Å². The van der Waals surface area contributed by atoms with Gasteiger partial charge in [-0.3, -0.25) is 0 Å². The molecule has 1 aromatic heterocycles. The number of ether oxygens (including phenoxy) is 2. The van der Waals surface area contributed by atoms with Gasteiger partial charge in [0, 0.05) is 16.7 Å². The third kappa shape index (κ3) is 2.50. The second-order valence-corrected chi connectivity index (χ2v) is 6.38. The van der Waals surface area contributed by atoms with E-state index in [9.17, 15) is 4.79 Å². The number of para-hydroxylation sites is 1. The third-order valence-electron chi connectivity index (χ3n) is 4.53. The normalized spacial score (nSPS) is 12.1. The SMILES string of the molecule is COC(=O)c1[nH]c2c(c1-c1cc(C)cc(C)c1)COc1ccccc1-2. The highest BCUT2D eigenvalue weighted by atomic mass is 16.5. The molecule has 0 radical (unpaired) electrons. The summed E-state index contributed by atoms with van der Waals surface area (Å²) in [6.07, 6.45) is 0. The first-order chi connectivity index (χ1) is 12.1. The Balaban J connectivity index is 2.01. The number of hydrogen-bond acceptors (Lipinski definition) is 3. The van der Waals surface area contributed by atoms with Gasteiger partial charge in [-0.05, 0) is 31.5 Å². The number of methoxy groups -OCH3 is 1. The predicted octanol–water partition coefficient (Wildman–Crippen LogP) is 4.64. The first kappa shape index (κ1) is 15.5. The van der Waals surface area contributed by atoms with Gasteiger partial charge in [-0.2, -0.15) is 0 Å². The smallest absolute Gasteiger partial charge is 0.355 e. The monoisotopic (exact) mass is 333 g/mol. The van der Waals surface area contributed by atoms with Gasteiger partial charge in [-0.1, -0.05) is 41.5 Å². The lowest BCUT2D eigenvalue weighted by atomic mass is 9.94. The second kappa shape index (κ2) is 5.81. The molecular formula is C21H19NO3. The molecule has 0 spiro atoms. The number of fused-ring (bicyclic) bond motifs is 3. The molecule has 3 aromatic rings. The minimum atomic E-state index is -0.374. The number of carbonyl (C=O) groups is 1. The molecule has 126 valence electrons. The third-order valence-corrected chi connectivity index (χ3v) is 4.53. The molecule has 1 N–H and O–H groups in total. The highest BCUT2D eigenvalue weighted by molar-refractivity contribution is 6.00. The molecule has 1 aliphatic rings. The fourth-order valence-electron chi connectivity index (χ4n) is 3.55. The summed E-state index contributed by atoms with van der Waals surface area (Å²) in [4.78, 5) is 15.7. The number of aromatic amines is 1. The summed E-state index contributed by atoms with van der Waals surface area (Å²) < 4.78 is 10.9. The van der Waals surface area contributed by atoms with Crippen molar-refractivity contribution in [1.82, 2.24) is 4.98 Å². The molecule has 0 fully saturated rings. The molecule has 4 nitrogen and oxygen atoms in total. The largest absolute Gasteiger partial charge is 0.488 e. The number of aryl methyl sites for hydroxylation is 2. The highest BCUT2D eigenvalue weighted by Crippen LogP contribution is 2.43. The lowest BCUT2D eigenvalue weighted by Gasteiger charge is -2.18. The zero-order chi connectivity index (χ0) is 17.6. The van der Waals surface area contributed by atoms with E-state index in [1.54, 1.807) is 0 Å². The van der Waals surface area contributed by atoms with Crippen LogP contribution in [-0.2, 0) is 11.3 Å². The molecule has 4 rings (SSSR count). The molecule has 4 heteroatoms. The van der Waals surface area contributed by atoms with Gasteiger partial charge < -0.3 is 14.5 Å². The van der Waals surface area contributed by atoms with E-state index < -0.39 is 0 Å². The Kier molecular flexibility index (Phi) is 3.61. The van der Waals surface area contributed by atoms with Crippen LogP contribution in [0.3, 0.4) is 0 Å². The lowest BCUT2D eigenvalue weighted by Crippen LogP contribution is -2.05. The standard InChI is InChI=1S/C21H19NO3/c1-12-8-13(2)10-14(9-12)18-16-11-25-17-7-5-4-6-15(17)19(16)22-20(18)21(23)24-3/h4-10,22H,11H2,1-3H3. The highest BCUT2D eigenvalue weighted by Gasteiger charge is 2.28. The van der Waals surface area contributed by atoms with E-state index in [-0.39, 0.29) is 5.97 Å². The van der Waals surface area contributed by atoms with E-state index >= 15 is 0 Å². The van der Waals surface area contributed by atoms with Crippen molar-refractivity contribution in [3.8, 4) is 28.1 Å². The summed E-state index contributed by atoms with van der Waals surface area (Å²) in [5.41, 5.74) is 7.51. The summed E-state index contributed by atoms with van der Waals surface area (Å²) in [6.45, 7) is 4.53. The zero-order valence-electron chi connectivity index (χ0n) is 14.5. The van der Waals surface area contributed by atoms with E-state index in [1.165, 1.54) is 7.11 Å². The van der Waals surface area contributed by atoms with Gasteiger partial charge in [0.15, 0.2) is 0 Å². The molecule has 2 heterocycles. The number of rotatable bonds is 2. The van der Waals surface area contributed by atoms with Gasteiger partial charge in [0.2, 0.25) is 0 Å². The van der Waals surface area contributed by atoms with Gasteiger partial charge >= 0.3 is 5.97 Å². The second-order valence-electron chi connectivity index (χ2n) is 6.38. The van der Waals surface area contributed by atoms with Crippen molar-refractivity contribution in [3.05, 3.63) is 64.8 Å². The summed E-state index contributed by atoms with van der Waals surface area (Å²) in [6, 6.07) is 14.1. The molecule has 0 saturated heterocycles. The number of H-pyrrole nitrogens is 1. The first-order valence-electron chi connectivity index (χ1n) is 8.22. The Morgan fingerprint density at radius 3 is 2.56 bits per heavy atom. The molecule has 1 aliphatic heterocycles. The number of benzene rings is 2. The van der Waals surface area contributed by atoms with E-state index in [2.05, 4.69) is 37.0 Å². The van der Waals surface area contributed by atoms with Gasteiger partial charge in [0.05, 0.1) is 12.8 Å². The van der Waals surface area contributed by atoms with Crippen molar-refractivity contribution in [2.24, 2.45) is 0 Å². The van der Waals surface area contributed by atoms with Crippen molar-refractivity contribution < 1.29 is 14.3 Å². The molecule has 25 heavy (non-hydrogen) atoms. The van der Waals surface area contributed by atoms with Crippen LogP contribution in [0.5, 0.6) is 5.75 Å². The maximum Gasteiger partial charge on any atom is 0.355 e. The van der Waals surface area contributed by atoms with Crippen LogP contribution in [0.15, 0.2) is 42.5 Å². The van der Waals surface area contributed by atoms with Crippen LogP contribution < -0.4 is 4.74 Å². The van der Waals surface area contributed by atoms with Crippen molar-refractivity contribution in [2.75, 3.05) is 7.11 Å². The summed E-state index contributed by atoms with van der Waals surface area (Å²) in [5.74, 6) is 0.445. The molecule has 2 aromatic carbocycles. The summed E-state index contributed by atoms with van der Waals surface area (Å²) in [7, 11) is 1.40. The molecule has 0 atom stereocenters. The maximum atomic E-state index is 12.4. The van der Waals surface area contributed by atoms with Crippen LogP contribution in [0, 0.1) is 13.8 Å². The van der Waals surface area contributed by atoms with Crippen LogP contribution in [0.25, 0.3) is 22.4 Å². The fraction of sp³-hybridized carbons (Fsp3) is 0.190. The molecule has 0 amide bonds. The number of hydrogen-bond donors (Lipinski definition) is 1. The van der Waals surface area contributed by atoms with Gasteiger partial charge in [-0.25, -0.2) is 4.79 Å². The van der Waals surface area contributed by atoms with Crippen LogP contribution in [0.1, 0.15) is 27.2 Å². The minimum absolute atomic E-state index is 0.374. The van der Waals surface area contributed by atoms with Crippen molar-refractivity contribution >= 4 is 5.97 Å². The quantitative estimate of drug-likeness (QED) is 0.695. The molecule has 0 aliphatic carbocycles. The Morgan fingerprint density at radius 2 is 1.84 bits per heavy atom. The maximum absolute atomic E-state index is 12.4. The Morgan fingerprint density at radius 1 is 1.12 bits per heavy atom. The topological polar surface area (TPSA) is 51.3 Å². The van der Waals surface area contributed by atoms with Gasteiger partial charge in [0.1, 0.15) is 18.1 Å². The fourth-order valence-corrected chi connectivity index (χ4v) is 3.55. The predicted molar refractivity (Wildman–Crippen MR) is 96.8 cm³/mol. The minimum Gasteiger partial charge on any atom is -0.488 e. The number of carbonyl (C=O) groups excluding carboxylic acids is 1. The molecule has 0 saturated carbocycles. The van der Waals surface area contributed by atoms with E-state index in [0.717, 1.165) is 44.8 Å². The van der Waals surface area contributed by atoms with E-state index in [1.807, 2.05) is 24.3 Å². The van der Waals surface area contributed by atoms with Gasteiger partial charge in [-0.15, -0.1) is 0 Å². The Labute approximate surface area is 146 Å². The molecule has 0 unspecified atom stereocenters. The summed E-state index contributed by atoms with van der Waals surface area (Å²) >= 11 is 0. The van der Waals surface area contributed by atoms with Crippen molar-refractivity contribution in [1.29, 1.82) is 0 Å². The van der Waals surface area contributed by atoms with Crippen molar-refractivity contribution in [2.45, 2.75) is 20.5 Å². The summed E-state index contributed by atoms with van der Waals surface area (Å²) in [5, 5.41) is 0. The Bertz CT molecular complexity index is 965. The number of nitrogens with one attached hydrogen (secondary N) is 1. The van der Waals surface area contributed by atoms with Crippen LogP contribution >= 0.6 is 0 Å². The van der Waals surface area contributed by atoms with Gasteiger partial charge in [0.25, 0.3) is 0 Å². The average molecular weight is 333 g/mol. The Hall–Kier alpha value is -3.01. The molecule has 0 bridgehead atoms. The van der Waals surface area contributed by atoms with Crippen LogP contribution in [0.4, 0.5) is 0 Å².